The predicted octanol–water partition coefficient (Wildman–Crippen LogP) is 3.42. The Hall–Kier alpha value is -2.42. The fraction of sp³-hybridized carbons (Fsp3) is 0.222. The summed E-state index contributed by atoms with van der Waals surface area (Å²) in [4.78, 5) is 37.3. The number of hydrogen-bond donors (Lipinski definition) is 2. The monoisotopic (exact) mass is 439 g/mol. The van der Waals surface area contributed by atoms with Crippen LogP contribution in [0.5, 0.6) is 0 Å². The van der Waals surface area contributed by atoms with E-state index in [0.717, 1.165) is 29.7 Å². The molecule has 0 fully saturated rings. The van der Waals surface area contributed by atoms with Crippen LogP contribution in [0.4, 0.5) is 5.00 Å². The molecular weight excluding hydrogens is 425 g/mol. The molecule has 0 atom stereocenters. The SMILES string of the molecule is COC(=O)c1c(NC(=O)C(=O)NN=Cc2ccc(Cl)cc2Cl)sc2c1CCC2. The zero-order valence-electron chi connectivity index (χ0n) is 14.7. The van der Waals surface area contributed by atoms with Gasteiger partial charge in [0.15, 0.2) is 0 Å². The Bertz CT molecular complexity index is 987. The van der Waals surface area contributed by atoms with Crippen LogP contribution in [0.3, 0.4) is 0 Å². The number of aryl methyl sites for hydroxylation is 1. The standard InChI is InChI=1S/C18H15Cl2N3O4S/c1-27-18(26)14-11-3-2-4-13(11)28-17(14)22-15(24)16(25)23-21-8-9-5-6-10(19)7-12(9)20/h5-8H,2-4H2,1H3,(H,22,24)(H,23,25). The molecule has 0 spiro atoms. The first-order valence-corrected chi connectivity index (χ1v) is 9.80. The third-order valence-electron chi connectivity index (χ3n) is 4.08. The molecule has 1 aromatic heterocycles. The maximum absolute atomic E-state index is 12.2. The Labute approximate surface area is 174 Å². The van der Waals surface area contributed by atoms with Crippen LogP contribution < -0.4 is 10.7 Å². The third kappa shape index (κ3) is 4.35. The average Bonchev–Trinajstić information content (AvgIpc) is 3.23. The van der Waals surface area contributed by atoms with E-state index in [1.807, 2.05) is 0 Å². The highest BCUT2D eigenvalue weighted by Gasteiger charge is 2.29. The maximum Gasteiger partial charge on any atom is 0.341 e. The van der Waals surface area contributed by atoms with Gasteiger partial charge in [0.2, 0.25) is 0 Å². The number of hydrazone groups is 1. The highest BCUT2D eigenvalue weighted by molar-refractivity contribution is 7.17. The summed E-state index contributed by atoms with van der Waals surface area (Å²) in [5.41, 5.74) is 3.84. The molecule has 7 nitrogen and oxygen atoms in total. The van der Waals surface area contributed by atoms with Gasteiger partial charge in [0.05, 0.1) is 23.9 Å². The number of thiophene rings is 1. The number of hydrogen-bond acceptors (Lipinski definition) is 6. The van der Waals surface area contributed by atoms with Crippen molar-refractivity contribution in [2.75, 3.05) is 12.4 Å². The largest absolute Gasteiger partial charge is 0.465 e. The normalized spacial score (nSPS) is 12.7. The minimum absolute atomic E-state index is 0.307. The summed E-state index contributed by atoms with van der Waals surface area (Å²) < 4.78 is 4.81. The third-order valence-corrected chi connectivity index (χ3v) is 5.85. The van der Waals surface area contributed by atoms with E-state index >= 15 is 0 Å². The van der Waals surface area contributed by atoms with Gasteiger partial charge in [-0.1, -0.05) is 29.3 Å². The van der Waals surface area contributed by atoms with Crippen molar-refractivity contribution in [3.8, 4) is 0 Å². The number of amides is 2. The van der Waals surface area contributed by atoms with Gasteiger partial charge in [-0.05, 0) is 37.0 Å². The molecule has 3 rings (SSSR count). The van der Waals surface area contributed by atoms with Crippen LogP contribution in [0, 0.1) is 0 Å². The van der Waals surface area contributed by atoms with Crippen molar-refractivity contribution in [1.29, 1.82) is 0 Å². The van der Waals surface area contributed by atoms with Crippen molar-refractivity contribution in [3.63, 3.8) is 0 Å². The van der Waals surface area contributed by atoms with E-state index < -0.39 is 17.8 Å². The number of carbonyl (C=O) groups excluding carboxylic acids is 3. The molecule has 1 aromatic carbocycles. The van der Waals surface area contributed by atoms with Gasteiger partial charge in [-0.25, -0.2) is 10.2 Å². The topological polar surface area (TPSA) is 96.9 Å². The van der Waals surface area contributed by atoms with Crippen molar-refractivity contribution in [2.45, 2.75) is 19.3 Å². The second-order valence-electron chi connectivity index (χ2n) is 5.87. The van der Waals surface area contributed by atoms with E-state index in [1.54, 1.807) is 12.1 Å². The van der Waals surface area contributed by atoms with Crippen LogP contribution in [0.2, 0.25) is 10.0 Å². The van der Waals surface area contributed by atoms with Gasteiger partial charge >= 0.3 is 17.8 Å². The van der Waals surface area contributed by atoms with E-state index in [2.05, 4.69) is 15.8 Å². The van der Waals surface area contributed by atoms with E-state index in [0.29, 0.717) is 26.2 Å². The van der Waals surface area contributed by atoms with Crippen molar-refractivity contribution in [2.24, 2.45) is 5.10 Å². The lowest BCUT2D eigenvalue weighted by Crippen LogP contribution is -2.32. The predicted molar refractivity (Wildman–Crippen MR) is 109 cm³/mol. The van der Waals surface area contributed by atoms with Crippen LogP contribution in [-0.2, 0) is 27.2 Å². The number of methoxy groups -OCH3 is 1. The van der Waals surface area contributed by atoms with Crippen molar-refractivity contribution >= 4 is 63.5 Å². The molecule has 146 valence electrons. The number of benzene rings is 1. The number of ether oxygens (including phenoxy) is 1. The first-order valence-electron chi connectivity index (χ1n) is 8.23. The molecule has 10 heteroatoms. The summed E-state index contributed by atoms with van der Waals surface area (Å²) in [7, 11) is 1.27. The molecular formula is C18H15Cl2N3O4S. The minimum Gasteiger partial charge on any atom is -0.465 e. The zero-order chi connectivity index (χ0) is 20.3. The van der Waals surface area contributed by atoms with Crippen LogP contribution in [0.25, 0.3) is 0 Å². The van der Waals surface area contributed by atoms with E-state index in [4.69, 9.17) is 27.9 Å². The summed E-state index contributed by atoms with van der Waals surface area (Å²) in [6.07, 6.45) is 3.81. The molecule has 2 N–H and O–H groups in total. The average molecular weight is 440 g/mol. The van der Waals surface area contributed by atoms with Gasteiger partial charge in [0.25, 0.3) is 0 Å². The molecule has 2 aromatic rings. The Morgan fingerprint density at radius 2 is 2.00 bits per heavy atom. The summed E-state index contributed by atoms with van der Waals surface area (Å²) in [6.45, 7) is 0. The van der Waals surface area contributed by atoms with Crippen molar-refractivity contribution < 1.29 is 19.1 Å². The summed E-state index contributed by atoms with van der Waals surface area (Å²) in [6, 6.07) is 4.77. The number of nitrogens with zero attached hydrogens (tertiary/aromatic N) is 1. The first kappa shape index (κ1) is 20.3. The molecule has 0 saturated carbocycles. The Morgan fingerprint density at radius 3 is 2.71 bits per heavy atom. The number of halogens is 2. The number of rotatable bonds is 4. The summed E-state index contributed by atoms with van der Waals surface area (Å²) >= 11 is 13.1. The van der Waals surface area contributed by atoms with Gasteiger partial charge in [0, 0.05) is 15.5 Å². The quantitative estimate of drug-likeness (QED) is 0.330. The van der Waals surface area contributed by atoms with Crippen LogP contribution in [-0.4, -0.2) is 31.1 Å². The zero-order valence-corrected chi connectivity index (χ0v) is 17.0. The molecule has 28 heavy (non-hydrogen) atoms. The molecule has 2 amide bonds. The Kier molecular flexibility index (Phi) is 6.33. The van der Waals surface area contributed by atoms with E-state index in [9.17, 15) is 14.4 Å². The summed E-state index contributed by atoms with van der Waals surface area (Å²) in [5.74, 6) is -2.46. The fourth-order valence-corrected chi connectivity index (χ4v) is 4.52. The fourth-order valence-electron chi connectivity index (χ4n) is 2.79. The maximum atomic E-state index is 12.2. The molecule has 1 heterocycles. The molecule has 0 radical (unpaired) electrons. The van der Waals surface area contributed by atoms with E-state index in [1.165, 1.54) is 30.7 Å². The van der Waals surface area contributed by atoms with Gasteiger partial charge in [-0.2, -0.15) is 5.10 Å². The van der Waals surface area contributed by atoms with Crippen LogP contribution in [0.1, 0.15) is 32.8 Å². The number of anilines is 1. The molecule has 0 unspecified atom stereocenters. The molecule has 0 saturated heterocycles. The lowest BCUT2D eigenvalue weighted by molar-refractivity contribution is -0.136. The lowest BCUT2D eigenvalue weighted by atomic mass is 10.1. The van der Waals surface area contributed by atoms with Crippen molar-refractivity contribution in [3.05, 3.63) is 49.8 Å². The molecule has 0 bridgehead atoms. The number of carbonyl (C=O) groups is 3. The Balaban J connectivity index is 1.67. The number of nitrogens with one attached hydrogen (secondary N) is 2. The molecule has 1 aliphatic rings. The lowest BCUT2D eigenvalue weighted by Gasteiger charge is -2.06. The molecule has 1 aliphatic carbocycles. The highest BCUT2D eigenvalue weighted by atomic mass is 35.5. The second kappa shape index (κ2) is 8.72. The van der Waals surface area contributed by atoms with Crippen LogP contribution in [0.15, 0.2) is 23.3 Å². The minimum atomic E-state index is -0.981. The van der Waals surface area contributed by atoms with E-state index in [-0.39, 0.29) is 0 Å². The van der Waals surface area contributed by atoms with Gasteiger partial charge in [-0.15, -0.1) is 11.3 Å². The first-order chi connectivity index (χ1) is 13.4. The Morgan fingerprint density at radius 1 is 1.21 bits per heavy atom. The number of fused-ring (bicyclic) bond motifs is 1. The van der Waals surface area contributed by atoms with Gasteiger partial charge < -0.3 is 10.1 Å². The highest BCUT2D eigenvalue weighted by Crippen LogP contribution is 2.39. The van der Waals surface area contributed by atoms with Gasteiger partial charge in [0.1, 0.15) is 5.00 Å². The van der Waals surface area contributed by atoms with Gasteiger partial charge in [-0.3, -0.25) is 9.59 Å². The number of esters is 1. The molecule has 0 aliphatic heterocycles. The smallest absolute Gasteiger partial charge is 0.341 e. The summed E-state index contributed by atoms with van der Waals surface area (Å²) in [5, 5.41) is 7.32. The second-order valence-corrected chi connectivity index (χ2v) is 7.82. The van der Waals surface area contributed by atoms with Crippen LogP contribution >= 0.6 is 34.5 Å². The van der Waals surface area contributed by atoms with Crippen molar-refractivity contribution in [1.82, 2.24) is 5.43 Å².